The fourth-order valence-corrected chi connectivity index (χ4v) is 2.33. The molecule has 0 radical (unpaired) electrons. The van der Waals surface area contributed by atoms with Crippen LogP contribution in [-0.4, -0.2) is 20.0 Å². The lowest BCUT2D eigenvalue weighted by Gasteiger charge is -2.12. The second-order valence-electron chi connectivity index (χ2n) is 4.48. The van der Waals surface area contributed by atoms with Crippen molar-refractivity contribution >= 4 is 17.4 Å². The Balaban J connectivity index is 2.53. The van der Waals surface area contributed by atoms with Crippen LogP contribution >= 0.6 is 11.6 Å². The molecule has 0 aliphatic carbocycles. The number of methoxy groups -OCH3 is 2. The summed E-state index contributed by atoms with van der Waals surface area (Å²) in [5.74, 6) is -0.0838. The van der Waals surface area contributed by atoms with Gasteiger partial charge in [-0.1, -0.05) is 17.7 Å². The molecule has 110 valence electrons. The molecule has 0 heterocycles. The first-order chi connectivity index (χ1) is 9.97. The van der Waals surface area contributed by atoms with Crippen LogP contribution in [0.25, 0.3) is 0 Å². The molecule has 2 aromatic rings. The number of ketones is 1. The van der Waals surface area contributed by atoms with Crippen LogP contribution in [0.15, 0.2) is 30.3 Å². The van der Waals surface area contributed by atoms with Crippen molar-refractivity contribution < 1.29 is 18.7 Å². The fraction of sp³-hybridized carbons (Fsp3) is 0.188. The minimum Gasteiger partial charge on any atom is -0.493 e. The molecule has 0 atom stereocenters. The van der Waals surface area contributed by atoms with Gasteiger partial charge in [0.05, 0.1) is 19.2 Å². The number of halogens is 2. The van der Waals surface area contributed by atoms with Crippen molar-refractivity contribution in [2.75, 3.05) is 14.2 Å². The Labute approximate surface area is 127 Å². The monoisotopic (exact) mass is 308 g/mol. The zero-order valence-corrected chi connectivity index (χ0v) is 12.6. The second kappa shape index (κ2) is 6.14. The molecule has 0 amide bonds. The SMILES string of the molecule is COc1cc(C(=O)c2cc(F)ccc2C)cc(Cl)c1OC. The summed E-state index contributed by atoms with van der Waals surface area (Å²) in [5, 5.41) is 0.259. The van der Waals surface area contributed by atoms with Crippen molar-refractivity contribution in [3.05, 3.63) is 57.9 Å². The van der Waals surface area contributed by atoms with E-state index in [0.717, 1.165) is 0 Å². The number of hydrogen-bond acceptors (Lipinski definition) is 3. The largest absolute Gasteiger partial charge is 0.493 e. The molecule has 21 heavy (non-hydrogen) atoms. The summed E-state index contributed by atoms with van der Waals surface area (Å²) in [6.45, 7) is 1.75. The number of carbonyl (C=O) groups excluding carboxylic acids is 1. The zero-order valence-electron chi connectivity index (χ0n) is 11.9. The van der Waals surface area contributed by atoms with Crippen molar-refractivity contribution in [2.45, 2.75) is 6.92 Å². The molecule has 0 spiro atoms. The molecule has 0 aromatic heterocycles. The smallest absolute Gasteiger partial charge is 0.193 e. The number of benzene rings is 2. The van der Waals surface area contributed by atoms with Gasteiger partial charge in [0.15, 0.2) is 17.3 Å². The lowest BCUT2D eigenvalue weighted by Crippen LogP contribution is -2.05. The molecule has 2 aromatic carbocycles. The predicted molar refractivity (Wildman–Crippen MR) is 79.1 cm³/mol. The standard InChI is InChI=1S/C16H14ClFO3/c1-9-4-5-11(18)8-12(9)15(19)10-6-13(17)16(21-3)14(7-10)20-2/h4-8H,1-3H3. The average molecular weight is 309 g/mol. The minimum atomic E-state index is -0.462. The van der Waals surface area contributed by atoms with Gasteiger partial charge in [0.2, 0.25) is 0 Å². The Bertz CT molecular complexity index is 698. The van der Waals surface area contributed by atoms with Crippen molar-refractivity contribution in [1.82, 2.24) is 0 Å². The maximum Gasteiger partial charge on any atom is 0.193 e. The Hall–Kier alpha value is -2.07. The summed E-state index contributed by atoms with van der Waals surface area (Å²) in [5.41, 5.74) is 1.29. The third kappa shape index (κ3) is 3.00. The molecule has 5 heteroatoms. The molecule has 2 rings (SSSR count). The van der Waals surface area contributed by atoms with E-state index >= 15 is 0 Å². The zero-order chi connectivity index (χ0) is 15.6. The quantitative estimate of drug-likeness (QED) is 0.800. The lowest BCUT2D eigenvalue weighted by molar-refractivity contribution is 0.103. The number of carbonyl (C=O) groups is 1. The second-order valence-corrected chi connectivity index (χ2v) is 4.89. The maximum atomic E-state index is 13.3. The number of ether oxygens (including phenoxy) is 2. The van der Waals surface area contributed by atoms with Crippen LogP contribution in [0.2, 0.25) is 5.02 Å². The summed E-state index contributed by atoms with van der Waals surface area (Å²) in [6.07, 6.45) is 0. The number of rotatable bonds is 4. The molecular weight excluding hydrogens is 295 g/mol. The fourth-order valence-electron chi connectivity index (χ4n) is 2.04. The first kappa shape index (κ1) is 15.3. The van der Waals surface area contributed by atoms with Gasteiger partial charge in [-0.3, -0.25) is 4.79 Å². The summed E-state index contributed by atoms with van der Waals surface area (Å²) in [4.78, 5) is 12.5. The van der Waals surface area contributed by atoms with Gasteiger partial charge in [-0.05, 0) is 36.8 Å². The Morgan fingerprint density at radius 2 is 1.86 bits per heavy atom. The van der Waals surface area contributed by atoms with E-state index in [-0.39, 0.29) is 10.8 Å². The predicted octanol–water partition coefficient (Wildman–Crippen LogP) is 4.04. The van der Waals surface area contributed by atoms with Gasteiger partial charge in [-0.2, -0.15) is 0 Å². The molecule has 0 N–H and O–H groups in total. The van der Waals surface area contributed by atoms with Crippen molar-refractivity contribution in [3.8, 4) is 11.5 Å². The van der Waals surface area contributed by atoms with Crippen LogP contribution in [0.5, 0.6) is 11.5 Å². The minimum absolute atomic E-state index is 0.259. The van der Waals surface area contributed by atoms with Gasteiger partial charge < -0.3 is 9.47 Å². The van der Waals surface area contributed by atoms with Crippen molar-refractivity contribution in [3.63, 3.8) is 0 Å². The van der Waals surface area contributed by atoms with Crippen LogP contribution in [0.4, 0.5) is 4.39 Å². The van der Waals surface area contributed by atoms with E-state index < -0.39 is 5.82 Å². The number of hydrogen-bond donors (Lipinski definition) is 0. The summed E-state index contributed by atoms with van der Waals surface area (Å²) < 4.78 is 23.6. The Kier molecular flexibility index (Phi) is 4.48. The van der Waals surface area contributed by atoms with Crippen LogP contribution in [-0.2, 0) is 0 Å². The van der Waals surface area contributed by atoms with Gasteiger partial charge in [0.25, 0.3) is 0 Å². The van der Waals surface area contributed by atoms with Gasteiger partial charge in [-0.15, -0.1) is 0 Å². The van der Waals surface area contributed by atoms with Gasteiger partial charge >= 0.3 is 0 Å². The van der Waals surface area contributed by atoms with Gasteiger partial charge in [-0.25, -0.2) is 4.39 Å². The topological polar surface area (TPSA) is 35.5 Å². The third-order valence-corrected chi connectivity index (χ3v) is 3.42. The molecule has 0 saturated heterocycles. The van der Waals surface area contributed by atoms with Crippen LogP contribution in [0.3, 0.4) is 0 Å². The highest BCUT2D eigenvalue weighted by Crippen LogP contribution is 2.36. The first-order valence-corrected chi connectivity index (χ1v) is 6.58. The van der Waals surface area contributed by atoms with E-state index in [2.05, 4.69) is 0 Å². The molecule has 0 aliphatic heterocycles. The van der Waals surface area contributed by atoms with E-state index in [1.165, 1.54) is 38.5 Å². The molecule has 0 aliphatic rings. The third-order valence-electron chi connectivity index (χ3n) is 3.14. The first-order valence-electron chi connectivity index (χ1n) is 6.20. The van der Waals surface area contributed by atoms with E-state index in [4.69, 9.17) is 21.1 Å². The van der Waals surface area contributed by atoms with Crippen LogP contribution in [0, 0.1) is 12.7 Å². The van der Waals surface area contributed by atoms with Crippen LogP contribution < -0.4 is 9.47 Å². The van der Waals surface area contributed by atoms with Crippen LogP contribution in [0.1, 0.15) is 21.5 Å². The summed E-state index contributed by atoms with van der Waals surface area (Å²) in [7, 11) is 2.91. The molecule has 3 nitrogen and oxygen atoms in total. The normalized spacial score (nSPS) is 10.3. The van der Waals surface area contributed by atoms with E-state index in [1.807, 2.05) is 0 Å². The maximum absolute atomic E-state index is 13.3. The van der Waals surface area contributed by atoms with Gasteiger partial charge in [0, 0.05) is 11.1 Å². The molecule has 0 unspecified atom stereocenters. The summed E-state index contributed by atoms with van der Waals surface area (Å²) >= 11 is 6.08. The van der Waals surface area contributed by atoms with E-state index in [1.54, 1.807) is 13.0 Å². The summed E-state index contributed by atoms with van der Waals surface area (Å²) in [6, 6.07) is 7.09. The highest BCUT2D eigenvalue weighted by molar-refractivity contribution is 6.33. The highest BCUT2D eigenvalue weighted by Gasteiger charge is 2.18. The Morgan fingerprint density at radius 3 is 2.48 bits per heavy atom. The van der Waals surface area contributed by atoms with Crippen molar-refractivity contribution in [1.29, 1.82) is 0 Å². The average Bonchev–Trinajstić information content (AvgIpc) is 2.48. The van der Waals surface area contributed by atoms with Crippen molar-refractivity contribution in [2.24, 2.45) is 0 Å². The Morgan fingerprint density at radius 1 is 1.14 bits per heavy atom. The molecule has 0 bridgehead atoms. The van der Waals surface area contributed by atoms with E-state index in [0.29, 0.717) is 28.2 Å². The van der Waals surface area contributed by atoms with Gasteiger partial charge in [0.1, 0.15) is 5.82 Å². The molecule has 0 fully saturated rings. The molecular formula is C16H14ClFO3. The number of aryl methyl sites for hydroxylation is 1. The molecule has 0 saturated carbocycles. The highest BCUT2D eigenvalue weighted by atomic mass is 35.5. The lowest BCUT2D eigenvalue weighted by atomic mass is 9.98. The van der Waals surface area contributed by atoms with E-state index in [9.17, 15) is 9.18 Å².